The van der Waals surface area contributed by atoms with Crippen LogP contribution in [0.1, 0.15) is 22.3 Å². The number of ether oxygens (including phenoxy) is 1. The summed E-state index contributed by atoms with van der Waals surface area (Å²) in [6.07, 6.45) is -0.815. The van der Waals surface area contributed by atoms with Gasteiger partial charge in [0.1, 0.15) is 11.1 Å². The quantitative estimate of drug-likeness (QED) is 0.345. The number of halogens is 1. The Kier molecular flexibility index (Phi) is 8.64. The molecule has 0 saturated heterocycles. The molecule has 0 fully saturated rings. The smallest absolute Gasteiger partial charge is 0.411 e. The summed E-state index contributed by atoms with van der Waals surface area (Å²) < 4.78 is 18.6. The number of rotatable bonds is 9. The molecule has 0 aliphatic carbocycles. The molecule has 1 atom stereocenters. The number of para-hydroxylation sites is 1. The van der Waals surface area contributed by atoms with Crippen LogP contribution in [-0.4, -0.2) is 34.9 Å². The zero-order valence-corrected chi connectivity index (χ0v) is 19.1. The van der Waals surface area contributed by atoms with Gasteiger partial charge < -0.3 is 15.2 Å². The van der Waals surface area contributed by atoms with E-state index in [9.17, 15) is 23.9 Å². The van der Waals surface area contributed by atoms with Crippen molar-refractivity contribution in [1.29, 1.82) is 0 Å². The fourth-order valence-corrected chi connectivity index (χ4v) is 3.83. The number of hydrogen-bond donors (Lipinski definition) is 3. The summed E-state index contributed by atoms with van der Waals surface area (Å²) in [4.78, 5) is 36.5. The monoisotopic (exact) mass is 482 g/mol. The van der Waals surface area contributed by atoms with Gasteiger partial charge >= 0.3 is 12.1 Å². The van der Waals surface area contributed by atoms with Crippen LogP contribution >= 0.6 is 11.8 Å². The Hall–Kier alpha value is -3.85. The molecule has 0 radical (unpaired) electrons. The van der Waals surface area contributed by atoms with Crippen LogP contribution in [0.3, 0.4) is 0 Å². The van der Waals surface area contributed by atoms with Crippen molar-refractivity contribution in [3.8, 4) is 0 Å². The van der Waals surface area contributed by atoms with Crippen molar-refractivity contribution >= 4 is 41.1 Å². The van der Waals surface area contributed by atoms with Crippen LogP contribution in [0.15, 0.2) is 77.7 Å². The lowest BCUT2D eigenvalue weighted by Gasteiger charge is -2.13. The van der Waals surface area contributed by atoms with E-state index in [1.54, 1.807) is 42.5 Å². The van der Waals surface area contributed by atoms with E-state index < -0.39 is 23.1 Å². The molecule has 0 aromatic heterocycles. The summed E-state index contributed by atoms with van der Waals surface area (Å²) in [5, 5.41) is 13.7. The van der Waals surface area contributed by atoms with E-state index >= 15 is 0 Å². The summed E-state index contributed by atoms with van der Waals surface area (Å²) in [7, 11) is 0. The first-order valence-corrected chi connectivity index (χ1v) is 11.3. The van der Waals surface area contributed by atoms with E-state index in [0.717, 1.165) is 17.3 Å². The summed E-state index contributed by atoms with van der Waals surface area (Å²) in [5.74, 6) is -1.90. The summed E-state index contributed by atoms with van der Waals surface area (Å²) in [6.45, 7) is 1.78. The van der Waals surface area contributed by atoms with Crippen molar-refractivity contribution in [3.63, 3.8) is 0 Å². The molecule has 3 aromatic rings. The number of amides is 2. The maximum atomic E-state index is 13.6. The van der Waals surface area contributed by atoms with Gasteiger partial charge in [0.05, 0.1) is 12.3 Å². The summed E-state index contributed by atoms with van der Waals surface area (Å²) in [6, 6.07) is 19.6. The number of nitrogens with one attached hydrogen (secondary N) is 2. The first-order valence-electron chi connectivity index (χ1n) is 10.4. The standard InChI is InChI=1S/C25H23FN2O5S/c1-16-6-8-17(9-7-16)23(29)27-18-10-12-19(13-11-18)34-22(24(30)31)14-15-33-25(32)28-21-5-3-2-4-20(21)26/h2-13,22H,14-15H2,1H3,(H,27,29)(H,28,32)(H,30,31). The minimum absolute atomic E-state index is 0.0220. The Morgan fingerprint density at radius 3 is 2.29 bits per heavy atom. The van der Waals surface area contributed by atoms with Gasteiger partial charge in [0.25, 0.3) is 5.91 Å². The van der Waals surface area contributed by atoms with Crippen LogP contribution in [-0.2, 0) is 9.53 Å². The number of carbonyl (C=O) groups excluding carboxylic acids is 2. The molecule has 3 N–H and O–H groups in total. The molecule has 0 spiro atoms. The summed E-state index contributed by atoms with van der Waals surface area (Å²) >= 11 is 1.10. The number of anilines is 2. The number of thioether (sulfide) groups is 1. The van der Waals surface area contributed by atoms with Gasteiger partial charge in [-0.25, -0.2) is 9.18 Å². The molecule has 1 unspecified atom stereocenters. The SMILES string of the molecule is Cc1ccc(C(=O)Nc2ccc(SC(CCOC(=O)Nc3ccccc3F)C(=O)O)cc2)cc1. The largest absolute Gasteiger partial charge is 0.480 e. The highest BCUT2D eigenvalue weighted by Gasteiger charge is 2.20. The zero-order valence-electron chi connectivity index (χ0n) is 18.3. The van der Waals surface area contributed by atoms with Crippen LogP contribution in [0.5, 0.6) is 0 Å². The van der Waals surface area contributed by atoms with Crippen LogP contribution < -0.4 is 10.6 Å². The van der Waals surface area contributed by atoms with Gasteiger partial charge in [-0.2, -0.15) is 0 Å². The summed E-state index contributed by atoms with van der Waals surface area (Å²) in [5.41, 5.74) is 2.15. The second-order valence-electron chi connectivity index (χ2n) is 7.32. The van der Waals surface area contributed by atoms with Crippen molar-refractivity contribution in [2.45, 2.75) is 23.5 Å². The third kappa shape index (κ3) is 7.35. The van der Waals surface area contributed by atoms with Crippen LogP contribution in [0.4, 0.5) is 20.6 Å². The van der Waals surface area contributed by atoms with Gasteiger partial charge in [-0.05, 0) is 55.5 Å². The third-order valence-corrected chi connectivity index (χ3v) is 5.97. The fraction of sp³-hybridized carbons (Fsp3) is 0.160. The van der Waals surface area contributed by atoms with E-state index in [1.165, 1.54) is 18.2 Å². The number of carboxylic acid groups (broad SMARTS) is 1. The van der Waals surface area contributed by atoms with Gasteiger partial charge in [0.2, 0.25) is 0 Å². The molecule has 34 heavy (non-hydrogen) atoms. The second-order valence-corrected chi connectivity index (χ2v) is 8.59. The lowest BCUT2D eigenvalue weighted by atomic mass is 10.1. The Balaban J connectivity index is 1.49. The molecule has 2 amide bonds. The molecular weight excluding hydrogens is 459 g/mol. The van der Waals surface area contributed by atoms with Crippen molar-refractivity contribution in [3.05, 3.63) is 89.7 Å². The molecule has 7 nitrogen and oxygen atoms in total. The molecule has 0 bridgehead atoms. The van der Waals surface area contributed by atoms with Crippen molar-refractivity contribution < 1.29 is 28.6 Å². The van der Waals surface area contributed by atoms with Crippen LogP contribution in [0.2, 0.25) is 0 Å². The van der Waals surface area contributed by atoms with Crippen molar-refractivity contribution in [1.82, 2.24) is 0 Å². The number of benzene rings is 3. The van der Waals surface area contributed by atoms with Crippen molar-refractivity contribution in [2.24, 2.45) is 0 Å². The zero-order chi connectivity index (χ0) is 24.5. The van der Waals surface area contributed by atoms with E-state index in [-0.39, 0.29) is 24.6 Å². The highest BCUT2D eigenvalue weighted by molar-refractivity contribution is 8.00. The molecule has 0 saturated carbocycles. The maximum absolute atomic E-state index is 13.6. The highest BCUT2D eigenvalue weighted by Crippen LogP contribution is 2.27. The Bertz CT molecular complexity index is 1150. The molecule has 3 rings (SSSR count). The van der Waals surface area contributed by atoms with E-state index in [1.807, 2.05) is 19.1 Å². The molecule has 0 heterocycles. The predicted molar refractivity (Wildman–Crippen MR) is 129 cm³/mol. The van der Waals surface area contributed by atoms with Gasteiger partial charge in [0, 0.05) is 22.6 Å². The van der Waals surface area contributed by atoms with E-state index in [2.05, 4.69) is 10.6 Å². The molecular formula is C25H23FN2O5S. The van der Waals surface area contributed by atoms with Gasteiger partial charge in [-0.15, -0.1) is 11.8 Å². The van der Waals surface area contributed by atoms with Gasteiger partial charge in [-0.1, -0.05) is 29.8 Å². The number of carbonyl (C=O) groups is 3. The average molecular weight is 483 g/mol. The number of aryl methyl sites for hydroxylation is 1. The molecule has 176 valence electrons. The normalized spacial score (nSPS) is 11.4. The molecule has 9 heteroatoms. The lowest BCUT2D eigenvalue weighted by molar-refractivity contribution is -0.136. The topological polar surface area (TPSA) is 105 Å². The first kappa shape index (κ1) is 24.8. The maximum Gasteiger partial charge on any atom is 0.411 e. The van der Waals surface area contributed by atoms with Crippen LogP contribution in [0.25, 0.3) is 0 Å². The third-order valence-electron chi connectivity index (χ3n) is 4.70. The fourth-order valence-electron chi connectivity index (χ4n) is 2.89. The highest BCUT2D eigenvalue weighted by atomic mass is 32.2. The number of carboxylic acids is 1. The second kappa shape index (κ2) is 11.9. The molecule has 0 aliphatic heterocycles. The predicted octanol–water partition coefficient (Wildman–Crippen LogP) is 5.57. The minimum atomic E-state index is -1.06. The van der Waals surface area contributed by atoms with Gasteiger partial charge in [0.15, 0.2) is 0 Å². The molecule has 0 aliphatic rings. The lowest BCUT2D eigenvalue weighted by Crippen LogP contribution is -2.21. The Morgan fingerprint density at radius 1 is 0.971 bits per heavy atom. The van der Waals surface area contributed by atoms with E-state index in [4.69, 9.17) is 4.74 Å². The Labute approximate surface area is 200 Å². The average Bonchev–Trinajstić information content (AvgIpc) is 2.81. The van der Waals surface area contributed by atoms with Crippen molar-refractivity contribution in [2.75, 3.05) is 17.2 Å². The van der Waals surface area contributed by atoms with Gasteiger partial charge in [-0.3, -0.25) is 14.9 Å². The van der Waals surface area contributed by atoms with Crippen LogP contribution in [0, 0.1) is 12.7 Å². The molecule has 3 aromatic carbocycles. The minimum Gasteiger partial charge on any atom is -0.480 e. The Morgan fingerprint density at radius 2 is 1.65 bits per heavy atom. The number of hydrogen-bond acceptors (Lipinski definition) is 5. The number of aliphatic carboxylic acids is 1. The first-order chi connectivity index (χ1) is 16.3. The van der Waals surface area contributed by atoms with E-state index in [0.29, 0.717) is 16.1 Å².